The van der Waals surface area contributed by atoms with E-state index in [1.54, 1.807) is 7.11 Å². The summed E-state index contributed by atoms with van der Waals surface area (Å²) in [5.74, 6) is 0.684. The van der Waals surface area contributed by atoms with Crippen LogP contribution in [0, 0.1) is 0 Å². The van der Waals surface area contributed by atoms with E-state index in [0.29, 0.717) is 5.75 Å². The Hall–Kier alpha value is -1.42. The van der Waals surface area contributed by atoms with E-state index >= 15 is 0 Å². The molecule has 2 rings (SSSR count). The van der Waals surface area contributed by atoms with Gasteiger partial charge in [-0.2, -0.15) is 10.2 Å². The number of hydrogen-bond acceptors (Lipinski definition) is 4. The second kappa shape index (κ2) is 3.06. The molecule has 4 heteroatoms. The van der Waals surface area contributed by atoms with Crippen LogP contribution in [0.1, 0.15) is 18.1 Å². The first-order valence-electron chi connectivity index (χ1n) is 4.42. The molecule has 0 radical (unpaired) electrons. The zero-order valence-corrected chi connectivity index (χ0v) is 8.19. The molecule has 1 aromatic rings. The SMILES string of the molecule is COc1cc(C2(C)N=N2)ccc1CO. The maximum Gasteiger partial charge on any atom is 0.213 e. The van der Waals surface area contributed by atoms with E-state index < -0.39 is 0 Å². The molecule has 14 heavy (non-hydrogen) atoms. The summed E-state index contributed by atoms with van der Waals surface area (Å²) in [4.78, 5) is 0. The van der Waals surface area contributed by atoms with Gasteiger partial charge in [-0.3, -0.25) is 0 Å². The Morgan fingerprint density at radius 2 is 2.14 bits per heavy atom. The zero-order chi connectivity index (χ0) is 10.2. The van der Waals surface area contributed by atoms with Gasteiger partial charge in [0.2, 0.25) is 5.66 Å². The van der Waals surface area contributed by atoms with Crippen LogP contribution in [0.2, 0.25) is 0 Å². The fourth-order valence-electron chi connectivity index (χ4n) is 1.36. The van der Waals surface area contributed by atoms with Crippen LogP contribution in [0.3, 0.4) is 0 Å². The summed E-state index contributed by atoms with van der Waals surface area (Å²) in [6.45, 7) is 1.91. The largest absolute Gasteiger partial charge is 0.496 e. The van der Waals surface area contributed by atoms with E-state index in [0.717, 1.165) is 11.1 Å². The van der Waals surface area contributed by atoms with Gasteiger partial charge < -0.3 is 9.84 Å². The molecule has 0 unspecified atom stereocenters. The molecule has 0 fully saturated rings. The lowest BCUT2D eigenvalue weighted by Gasteiger charge is -2.10. The maximum atomic E-state index is 9.03. The molecule has 1 N–H and O–H groups in total. The monoisotopic (exact) mass is 192 g/mol. The van der Waals surface area contributed by atoms with E-state index in [-0.39, 0.29) is 12.3 Å². The quantitative estimate of drug-likeness (QED) is 0.794. The minimum atomic E-state index is -0.388. The number of hydrogen-bond donors (Lipinski definition) is 1. The van der Waals surface area contributed by atoms with Crippen LogP contribution in [-0.4, -0.2) is 12.2 Å². The van der Waals surface area contributed by atoms with Crippen molar-refractivity contribution in [1.29, 1.82) is 0 Å². The van der Waals surface area contributed by atoms with E-state index in [1.165, 1.54) is 0 Å². The molecule has 0 atom stereocenters. The average Bonchev–Trinajstić information content (AvgIpc) is 2.97. The van der Waals surface area contributed by atoms with E-state index in [4.69, 9.17) is 9.84 Å². The molecule has 0 amide bonds. The van der Waals surface area contributed by atoms with Crippen molar-refractivity contribution in [2.75, 3.05) is 7.11 Å². The van der Waals surface area contributed by atoms with Crippen LogP contribution in [0.5, 0.6) is 5.75 Å². The smallest absolute Gasteiger partial charge is 0.213 e. The summed E-state index contributed by atoms with van der Waals surface area (Å²) < 4.78 is 5.16. The lowest BCUT2D eigenvalue weighted by molar-refractivity contribution is 0.273. The highest BCUT2D eigenvalue weighted by atomic mass is 16.5. The summed E-state index contributed by atoms with van der Waals surface area (Å²) in [6, 6.07) is 5.61. The molecular formula is C10H12N2O2. The molecule has 0 spiro atoms. The third-order valence-corrected chi connectivity index (χ3v) is 2.40. The van der Waals surface area contributed by atoms with Crippen LogP contribution >= 0.6 is 0 Å². The van der Waals surface area contributed by atoms with Gasteiger partial charge in [0.1, 0.15) is 5.75 Å². The third-order valence-electron chi connectivity index (χ3n) is 2.40. The van der Waals surface area contributed by atoms with Crippen molar-refractivity contribution in [2.45, 2.75) is 19.2 Å². The first-order valence-corrected chi connectivity index (χ1v) is 4.42. The number of aliphatic hydroxyl groups excluding tert-OH is 1. The second-order valence-corrected chi connectivity index (χ2v) is 3.41. The van der Waals surface area contributed by atoms with Gasteiger partial charge in [-0.15, -0.1) is 0 Å². The second-order valence-electron chi connectivity index (χ2n) is 3.41. The molecule has 0 aliphatic carbocycles. The molecule has 74 valence electrons. The third kappa shape index (κ3) is 1.37. The van der Waals surface area contributed by atoms with Crippen molar-refractivity contribution in [3.63, 3.8) is 0 Å². The Labute approximate surface area is 82.2 Å². The number of methoxy groups -OCH3 is 1. The van der Waals surface area contributed by atoms with Gasteiger partial charge in [0.15, 0.2) is 0 Å². The molecule has 1 aliphatic heterocycles. The van der Waals surface area contributed by atoms with E-state index in [2.05, 4.69) is 10.2 Å². The van der Waals surface area contributed by atoms with Gasteiger partial charge in [-0.25, -0.2) is 0 Å². The van der Waals surface area contributed by atoms with Gasteiger partial charge in [-0.05, 0) is 13.0 Å². The van der Waals surface area contributed by atoms with Gasteiger partial charge in [0, 0.05) is 11.1 Å². The van der Waals surface area contributed by atoms with Crippen molar-refractivity contribution >= 4 is 0 Å². The highest BCUT2D eigenvalue weighted by molar-refractivity contribution is 5.40. The molecule has 0 saturated heterocycles. The van der Waals surface area contributed by atoms with E-state index in [9.17, 15) is 0 Å². The standard InChI is InChI=1S/C10H12N2O2/c1-10(11-12-10)8-4-3-7(6-13)9(5-8)14-2/h3-5,13H,6H2,1-2H3. The number of ether oxygens (including phenoxy) is 1. The minimum Gasteiger partial charge on any atom is -0.496 e. The Balaban J connectivity index is 2.37. The summed E-state index contributed by atoms with van der Waals surface area (Å²) in [6.07, 6.45) is 0. The normalized spacial score (nSPS) is 16.8. The van der Waals surface area contributed by atoms with Crippen molar-refractivity contribution < 1.29 is 9.84 Å². The molecule has 4 nitrogen and oxygen atoms in total. The summed E-state index contributed by atoms with van der Waals surface area (Å²) in [5, 5.41) is 16.9. The number of nitrogens with zero attached hydrogens (tertiary/aromatic N) is 2. The molecule has 1 heterocycles. The van der Waals surface area contributed by atoms with Crippen molar-refractivity contribution in [3.05, 3.63) is 29.3 Å². The summed E-state index contributed by atoms with van der Waals surface area (Å²) in [5.41, 5.74) is 1.38. The highest BCUT2D eigenvalue weighted by Gasteiger charge is 2.36. The Morgan fingerprint density at radius 1 is 1.43 bits per heavy atom. The van der Waals surface area contributed by atoms with Crippen LogP contribution in [0.25, 0.3) is 0 Å². The molecular weight excluding hydrogens is 180 g/mol. The lowest BCUT2D eigenvalue weighted by Crippen LogP contribution is -2.03. The maximum absolute atomic E-state index is 9.03. The highest BCUT2D eigenvalue weighted by Crippen LogP contribution is 2.40. The Morgan fingerprint density at radius 3 is 2.64 bits per heavy atom. The summed E-state index contributed by atoms with van der Waals surface area (Å²) in [7, 11) is 1.59. The number of benzene rings is 1. The van der Waals surface area contributed by atoms with Crippen LogP contribution in [-0.2, 0) is 12.3 Å². The predicted molar refractivity (Wildman–Crippen MR) is 51.1 cm³/mol. The fraction of sp³-hybridized carbons (Fsp3) is 0.400. The van der Waals surface area contributed by atoms with E-state index in [1.807, 2.05) is 25.1 Å². The first kappa shape index (κ1) is 9.15. The molecule has 0 aromatic heterocycles. The fourth-order valence-corrected chi connectivity index (χ4v) is 1.36. The average molecular weight is 192 g/mol. The van der Waals surface area contributed by atoms with Crippen LogP contribution in [0.4, 0.5) is 0 Å². The van der Waals surface area contributed by atoms with Crippen molar-refractivity contribution in [2.24, 2.45) is 10.2 Å². The van der Waals surface area contributed by atoms with Crippen LogP contribution < -0.4 is 4.74 Å². The number of aliphatic hydroxyl groups is 1. The molecule has 0 bridgehead atoms. The lowest BCUT2D eigenvalue weighted by atomic mass is 10.0. The van der Waals surface area contributed by atoms with Crippen molar-refractivity contribution in [3.8, 4) is 5.75 Å². The van der Waals surface area contributed by atoms with Gasteiger partial charge in [-0.1, -0.05) is 12.1 Å². The molecule has 1 aromatic carbocycles. The zero-order valence-electron chi connectivity index (χ0n) is 8.19. The van der Waals surface area contributed by atoms with Gasteiger partial charge in [0.25, 0.3) is 0 Å². The van der Waals surface area contributed by atoms with Crippen LogP contribution in [0.15, 0.2) is 28.4 Å². The summed E-state index contributed by atoms with van der Waals surface area (Å²) >= 11 is 0. The Kier molecular flexibility index (Phi) is 2.00. The minimum absolute atomic E-state index is 0.0194. The molecule has 1 aliphatic rings. The van der Waals surface area contributed by atoms with Crippen molar-refractivity contribution in [1.82, 2.24) is 0 Å². The number of rotatable bonds is 3. The first-order chi connectivity index (χ1) is 6.69. The Bertz CT molecular complexity index is 382. The molecule has 0 saturated carbocycles. The topological polar surface area (TPSA) is 54.2 Å². The van der Waals surface area contributed by atoms with Gasteiger partial charge in [0.05, 0.1) is 13.7 Å². The predicted octanol–water partition coefficient (Wildman–Crippen LogP) is 1.83. The van der Waals surface area contributed by atoms with Gasteiger partial charge >= 0.3 is 0 Å².